The molecule has 2 atom stereocenters. The van der Waals surface area contributed by atoms with Crippen molar-refractivity contribution in [1.82, 2.24) is 14.5 Å². The van der Waals surface area contributed by atoms with Gasteiger partial charge in [-0.25, -0.2) is 9.37 Å². The fraction of sp³-hybridized carbons (Fsp3) is 0.429. The first-order chi connectivity index (χ1) is 23.6. The third-order valence-electron chi connectivity index (χ3n) is 9.33. The lowest BCUT2D eigenvalue weighted by atomic mass is 9.88. The molecule has 2 saturated heterocycles. The maximum atomic E-state index is 14.6. The molecular weight excluding hydrogens is 659 g/mol. The summed E-state index contributed by atoms with van der Waals surface area (Å²) in [7, 11) is 0. The molecule has 7 rings (SSSR count). The monoisotopic (exact) mass is 698 g/mol. The topological polar surface area (TPSA) is 177 Å². The number of carbonyl (C=O) groups is 1. The molecule has 3 aliphatic heterocycles. The number of nitrogens with zero attached hydrogens (tertiary/aromatic N) is 3. The molecule has 6 N–H and O–H groups in total. The van der Waals surface area contributed by atoms with Gasteiger partial charge in [0.2, 0.25) is 0 Å². The number of fused-ring (bicyclic) bond motifs is 2. The maximum absolute atomic E-state index is 14.6. The maximum Gasteiger partial charge on any atom is 0.270 e. The Kier molecular flexibility index (Phi) is 10.7. The molecule has 4 aromatic rings. The number of ether oxygens (including phenoxy) is 3. The molecule has 0 radical (unpaired) electrons. The van der Waals surface area contributed by atoms with Crippen LogP contribution in [-0.4, -0.2) is 86.9 Å². The highest BCUT2D eigenvalue weighted by atomic mass is 35.5. The van der Waals surface area contributed by atoms with Gasteiger partial charge in [0, 0.05) is 17.2 Å². The largest absolute Gasteiger partial charge is 0.545 e. The standard InChI is InChI=1S/C31H29ClFN3O5.C4H11NO3/c32-20-5-6-23(24(33)15-20)31-40-27-3-1-2-22(29(27)41-31)18-8-11-35(12-9-18)17-28-34-25-7-4-19(30(37)38)14-26(25)36(28)16-21-10-13-39-21;5-4(1-6,2-7)3-8/h1-7,14-15,18,21,31H,8-13,16-17H2,(H,37,38);6-8H,1-3,5H2/t21-,31-;/m0./s1. The molecule has 4 heterocycles. The molecule has 262 valence electrons. The third-order valence-corrected chi connectivity index (χ3v) is 9.56. The first-order valence-corrected chi connectivity index (χ1v) is 16.6. The van der Waals surface area contributed by atoms with Crippen LogP contribution in [0.25, 0.3) is 11.0 Å². The van der Waals surface area contributed by atoms with Crippen molar-refractivity contribution in [2.45, 2.75) is 56.2 Å². The normalized spacial score (nSPS) is 19.4. The molecule has 3 aromatic carbocycles. The molecule has 0 saturated carbocycles. The molecule has 3 aliphatic rings. The number of hydrogen-bond donors (Lipinski definition) is 4. The molecule has 0 spiro atoms. The Morgan fingerprint density at radius 2 is 1.76 bits per heavy atom. The van der Waals surface area contributed by atoms with Crippen LogP contribution in [0, 0.1) is 5.82 Å². The molecule has 0 aliphatic carbocycles. The lowest BCUT2D eigenvalue weighted by Gasteiger charge is -2.33. The summed E-state index contributed by atoms with van der Waals surface area (Å²) in [5, 5.41) is 37.0. The lowest BCUT2D eigenvalue weighted by molar-refractivity contribution is -0.494. The number of carboxylic acid groups (broad SMARTS) is 1. The average Bonchev–Trinajstić information content (AvgIpc) is 3.67. The predicted molar refractivity (Wildman–Crippen MR) is 174 cm³/mol. The van der Waals surface area contributed by atoms with Gasteiger partial charge in [-0.3, -0.25) is 4.90 Å². The molecule has 14 heteroatoms. The van der Waals surface area contributed by atoms with Crippen LogP contribution in [0.2, 0.25) is 5.02 Å². The summed E-state index contributed by atoms with van der Waals surface area (Å²) in [6, 6.07) is 15.3. The second kappa shape index (κ2) is 15.0. The van der Waals surface area contributed by atoms with E-state index in [0.29, 0.717) is 35.2 Å². The van der Waals surface area contributed by atoms with Crippen molar-refractivity contribution in [3.8, 4) is 11.5 Å². The summed E-state index contributed by atoms with van der Waals surface area (Å²) in [6.45, 7) is 2.88. The summed E-state index contributed by atoms with van der Waals surface area (Å²) < 4.78 is 34.5. The number of aromatic nitrogens is 2. The van der Waals surface area contributed by atoms with Gasteiger partial charge >= 0.3 is 0 Å². The first kappa shape index (κ1) is 35.0. The van der Waals surface area contributed by atoms with E-state index >= 15 is 0 Å². The number of halogens is 2. The number of rotatable bonds is 10. The number of carbonyl (C=O) groups excluding carboxylic acids is 1. The number of quaternary nitrogens is 1. The molecule has 0 bridgehead atoms. The van der Waals surface area contributed by atoms with Gasteiger partial charge in [0.1, 0.15) is 31.5 Å². The van der Waals surface area contributed by atoms with Crippen LogP contribution in [-0.2, 0) is 17.8 Å². The number of hydrogen-bond acceptors (Lipinski definition) is 10. The summed E-state index contributed by atoms with van der Waals surface area (Å²) >= 11 is 5.92. The number of imidazole rings is 1. The molecule has 0 unspecified atom stereocenters. The van der Waals surface area contributed by atoms with Crippen molar-refractivity contribution in [3.63, 3.8) is 0 Å². The number of likely N-dealkylation sites (tertiary alicyclic amines) is 1. The Morgan fingerprint density at radius 1 is 1.02 bits per heavy atom. The molecular formula is C35H40ClFN4O8. The smallest absolute Gasteiger partial charge is 0.270 e. The number of para-hydroxylation sites is 1. The van der Waals surface area contributed by atoms with Gasteiger partial charge in [-0.1, -0.05) is 29.8 Å². The summed E-state index contributed by atoms with van der Waals surface area (Å²) in [5.74, 6) is 0.801. The zero-order valence-electron chi connectivity index (χ0n) is 26.9. The summed E-state index contributed by atoms with van der Waals surface area (Å²) in [6.07, 6.45) is 2.06. The van der Waals surface area contributed by atoms with Crippen molar-refractivity contribution >= 4 is 28.6 Å². The Balaban J connectivity index is 0.000000466. The number of carboxylic acids is 1. The number of aliphatic hydroxyl groups excluding tert-OH is 3. The predicted octanol–water partition coefficient (Wildman–Crippen LogP) is 1.77. The van der Waals surface area contributed by atoms with Gasteiger partial charge in [0.05, 0.1) is 41.8 Å². The third kappa shape index (κ3) is 7.68. The summed E-state index contributed by atoms with van der Waals surface area (Å²) in [5.41, 5.74) is 5.50. The summed E-state index contributed by atoms with van der Waals surface area (Å²) in [4.78, 5) is 18.7. The molecule has 2 fully saturated rings. The lowest BCUT2D eigenvalue weighted by Crippen LogP contribution is -2.78. The van der Waals surface area contributed by atoms with E-state index in [1.807, 2.05) is 12.1 Å². The minimum absolute atomic E-state index is 0.107. The Morgan fingerprint density at radius 3 is 2.37 bits per heavy atom. The van der Waals surface area contributed by atoms with Gasteiger partial charge in [0.25, 0.3) is 6.29 Å². The van der Waals surface area contributed by atoms with Crippen LogP contribution < -0.4 is 20.3 Å². The number of aliphatic hydroxyl groups is 3. The van der Waals surface area contributed by atoms with Gasteiger partial charge in [0.15, 0.2) is 17.0 Å². The number of benzene rings is 3. The van der Waals surface area contributed by atoms with Crippen molar-refractivity contribution in [1.29, 1.82) is 0 Å². The van der Waals surface area contributed by atoms with E-state index < -0.39 is 23.6 Å². The fourth-order valence-electron chi connectivity index (χ4n) is 6.15. The van der Waals surface area contributed by atoms with Crippen molar-refractivity contribution in [2.75, 3.05) is 39.5 Å². The van der Waals surface area contributed by atoms with E-state index in [1.165, 1.54) is 6.07 Å². The van der Waals surface area contributed by atoms with Gasteiger partial charge in [-0.05, 0) is 80.2 Å². The highest BCUT2D eigenvalue weighted by Crippen LogP contribution is 2.47. The molecule has 1 aromatic heterocycles. The highest BCUT2D eigenvalue weighted by molar-refractivity contribution is 6.30. The van der Waals surface area contributed by atoms with E-state index in [1.54, 1.807) is 30.3 Å². The fourth-order valence-corrected chi connectivity index (χ4v) is 6.31. The van der Waals surface area contributed by atoms with E-state index in [9.17, 15) is 14.3 Å². The van der Waals surface area contributed by atoms with Crippen LogP contribution in [0.15, 0.2) is 54.6 Å². The van der Waals surface area contributed by atoms with Crippen molar-refractivity contribution in [3.05, 3.63) is 88.0 Å². The molecule has 0 amide bonds. The van der Waals surface area contributed by atoms with Crippen LogP contribution in [0.3, 0.4) is 0 Å². The molecule has 49 heavy (non-hydrogen) atoms. The van der Waals surface area contributed by atoms with Crippen LogP contribution in [0.4, 0.5) is 4.39 Å². The highest BCUT2D eigenvalue weighted by Gasteiger charge is 2.34. The number of aromatic carboxylic acids is 1. The Labute approximate surface area is 287 Å². The van der Waals surface area contributed by atoms with Crippen molar-refractivity contribution in [2.24, 2.45) is 0 Å². The van der Waals surface area contributed by atoms with Crippen molar-refractivity contribution < 1.29 is 49.6 Å². The minimum atomic E-state index is -1.20. The second-order valence-corrected chi connectivity index (χ2v) is 13.3. The number of piperidine rings is 1. The van der Waals surface area contributed by atoms with Crippen LogP contribution in [0.1, 0.15) is 58.8 Å². The van der Waals surface area contributed by atoms with E-state index in [4.69, 9.17) is 46.1 Å². The Bertz CT molecular complexity index is 1780. The second-order valence-electron chi connectivity index (χ2n) is 12.8. The van der Waals surface area contributed by atoms with Crippen LogP contribution >= 0.6 is 11.6 Å². The van der Waals surface area contributed by atoms with Gasteiger partial charge in [-0.2, -0.15) is 0 Å². The zero-order valence-corrected chi connectivity index (χ0v) is 27.6. The average molecular weight is 699 g/mol. The van der Waals surface area contributed by atoms with Gasteiger partial charge < -0.3 is 49.7 Å². The minimum Gasteiger partial charge on any atom is -0.545 e. The van der Waals surface area contributed by atoms with E-state index in [0.717, 1.165) is 61.4 Å². The quantitative estimate of drug-likeness (QED) is 0.191. The van der Waals surface area contributed by atoms with Crippen LogP contribution in [0.5, 0.6) is 11.5 Å². The SMILES string of the molecule is O=C([O-])c1ccc2nc(CN3CCC(c4cccc5c4O[C@@H](c4ccc(Cl)cc4F)O5)CC3)n(C[C@@H]3CCO3)c2c1.[NH3+]C(CO)(CO)CO. The molecule has 12 nitrogen and oxygen atoms in total. The van der Waals surface area contributed by atoms with E-state index in [-0.39, 0.29) is 37.4 Å². The zero-order chi connectivity index (χ0) is 34.7. The Hall–Kier alpha value is -3.82. The first-order valence-electron chi connectivity index (χ1n) is 16.2. The van der Waals surface area contributed by atoms with Gasteiger partial charge in [-0.15, -0.1) is 0 Å². The van der Waals surface area contributed by atoms with E-state index in [2.05, 4.69) is 21.3 Å².